The summed E-state index contributed by atoms with van der Waals surface area (Å²) in [6.45, 7) is 3.17. The van der Waals surface area contributed by atoms with Gasteiger partial charge in [0.15, 0.2) is 0 Å². The minimum atomic E-state index is -4.33. The number of nitrogens with zero attached hydrogens (tertiary/aromatic N) is 3. The third kappa shape index (κ3) is 4.90. The van der Waals surface area contributed by atoms with E-state index in [2.05, 4.69) is 4.90 Å². The molecular formula is C21H20F3N3O. The lowest BCUT2D eigenvalue weighted by Crippen LogP contribution is -2.35. The number of amides is 1. The molecule has 1 aliphatic heterocycles. The maximum atomic E-state index is 12.7. The summed E-state index contributed by atoms with van der Waals surface area (Å²) in [6.07, 6.45) is -3.53. The van der Waals surface area contributed by atoms with E-state index in [0.717, 1.165) is 30.7 Å². The van der Waals surface area contributed by atoms with Crippen molar-refractivity contribution < 1.29 is 18.0 Å². The highest BCUT2D eigenvalue weighted by Gasteiger charge is 2.30. The van der Waals surface area contributed by atoms with Gasteiger partial charge in [-0.1, -0.05) is 12.1 Å². The predicted molar refractivity (Wildman–Crippen MR) is 98.4 cm³/mol. The Labute approximate surface area is 161 Å². The van der Waals surface area contributed by atoms with Crippen LogP contribution in [0.25, 0.3) is 0 Å². The highest BCUT2D eigenvalue weighted by molar-refractivity contribution is 5.94. The quantitative estimate of drug-likeness (QED) is 0.802. The molecule has 0 aromatic heterocycles. The molecule has 0 bridgehead atoms. The van der Waals surface area contributed by atoms with Gasteiger partial charge in [-0.3, -0.25) is 9.69 Å². The Morgan fingerprint density at radius 2 is 1.64 bits per heavy atom. The Bertz CT molecular complexity index is 854. The zero-order valence-electron chi connectivity index (χ0n) is 15.2. The van der Waals surface area contributed by atoms with Crippen LogP contribution in [0.1, 0.15) is 33.5 Å². The molecule has 0 radical (unpaired) electrons. The molecule has 2 aromatic rings. The molecule has 1 amide bonds. The Kier molecular flexibility index (Phi) is 6.00. The van der Waals surface area contributed by atoms with Gasteiger partial charge < -0.3 is 4.90 Å². The largest absolute Gasteiger partial charge is 0.416 e. The zero-order chi connectivity index (χ0) is 20.1. The van der Waals surface area contributed by atoms with Crippen LogP contribution in [0.4, 0.5) is 13.2 Å². The summed E-state index contributed by atoms with van der Waals surface area (Å²) >= 11 is 0. The third-order valence-electron chi connectivity index (χ3n) is 4.82. The molecule has 1 heterocycles. The van der Waals surface area contributed by atoms with Crippen LogP contribution in [-0.4, -0.2) is 41.9 Å². The number of carbonyl (C=O) groups excluding carboxylic acids is 1. The molecule has 28 heavy (non-hydrogen) atoms. The standard InChI is InChI=1S/C21H20F3N3O/c22-21(23,24)19-8-4-17(5-9-19)15-26-10-1-11-27(13-12-26)20(28)18-6-2-16(14-25)3-7-18/h2-9H,1,10-13,15H2. The van der Waals surface area contributed by atoms with Gasteiger partial charge in [-0.25, -0.2) is 0 Å². The molecule has 7 heteroatoms. The van der Waals surface area contributed by atoms with Gasteiger partial charge in [0.05, 0.1) is 17.2 Å². The molecule has 1 fully saturated rings. The van der Waals surface area contributed by atoms with E-state index in [1.54, 1.807) is 29.2 Å². The van der Waals surface area contributed by atoms with E-state index >= 15 is 0 Å². The molecule has 0 saturated carbocycles. The molecule has 0 atom stereocenters. The van der Waals surface area contributed by atoms with E-state index in [-0.39, 0.29) is 5.91 Å². The summed E-state index contributed by atoms with van der Waals surface area (Å²) in [4.78, 5) is 16.6. The van der Waals surface area contributed by atoms with E-state index in [4.69, 9.17) is 5.26 Å². The minimum Gasteiger partial charge on any atom is -0.337 e. The highest BCUT2D eigenvalue weighted by Crippen LogP contribution is 2.29. The van der Waals surface area contributed by atoms with Gasteiger partial charge in [-0.15, -0.1) is 0 Å². The van der Waals surface area contributed by atoms with Crippen molar-refractivity contribution in [3.05, 3.63) is 70.8 Å². The second-order valence-corrected chi connectivity index (χ2v) is 6.81. The molecule has 1 saturated heterocycles. The van der Waals surface area contributed by atoms with Crippen molar-refractivity contribution in [1.82, 2.24) is 9.80 Å². The second-order valence-electron chi connectivity index (χ2n) is 6.81. The molecule has 0 N–H and O–H groups in total. The maximum Gasteiger partial charge on any atom is 0.416 e. The van der Waals surface area contributed by atoms with Crippen molar-refractivity contribution >= 4 is 5.91 Å². The second kappa shape index (κ2) is 8.44. The van der Waals surface area contributed by atoms with Crippen LogP contribution in [-0.2, 0) is 12.7 Å². The Morgan fingerprint density at radius 3 is 2.25 bits per heavy atom. The molecule has 1 aliphatic rings. The van der Waals surface area contributed by atoms with Crippen molar-refractivity contribution in [3.8, 4) is 6.07 Å². The Balaban J connectivity index is 1.58. The van der Waals surface area contributed by atoms with Crippen LogP contribution in [0.2, 0.25) is 0 Å². The van der Waals surface area contributed by atoms with Gasteiger partial charge in [0.25, 0.3) is 5.91 Å². The summed E-state index contributed by atoms with van der Waals surface area (Å²) in [5.41, 5.74) is 1.23. The molecule has 0 aliphatic carbocycles. The normalized spacial score (nSPS) is 15.7. The van der Waals surface area contributed by atoms with Crippen LogP contribution >= 0.6 is 0 Å². The Morgan fingerprint density at radius 1 is 0.964 bits per heavy atom. The monoisotopic (exact) mass is 387 g/mol. The number of alkyl halides is 3. The van der Waals surface area contributed by atoms with Gasteiger partial charge in [-0.2, -0.15) is 18.4 Å². The van der Waals surface area contributed by atoms with Crippen LogP contribution in [0.5, 0.6) is 0 Å². The number of rotatable bonds is 3. The number of nitriles is 1. The van der Waals surface area contributed by atoms with E-state index in [9.17, 15) is 18.0 Å². The van der Waals surface area contributed by atoms with Crippen molar-refractivity contribution in [2.45, 2.75) is 19.1 Å². The number of carbonyl (C=O) groups is 1. The summed E-state index contributed by atoms with van der Waals surface area (Å²) in [5.74, 6) is -0.0686. The van der Waals surface area contributed by atoms with Gasteiger partial charge in [0.1, 0.15) is 0 Å². The molecular weight excluding hydrogens is 367 g/mol. The first-order valence-electron chi connectivity index (χ1n) is 9.05. The number of benzene rings is 2. The molecule has 3 rings (SSSR count). The average molecular weight is 387 g/mol. The highest BCUT2D eigenvalue weighted by atomic mass is 19.4. The van der Waals surface area contributed by atoms with Crippen molar-refractivity contribution in [2.75, 3.05) is 26.2 Å². The number of halogens is 3. The summed E-state index contributed by atoms with van der Waals surface area (Å²) < 4.78 is 38.0. The fourth-order valence-corrected chi connectivity index (χ4v) is 3.26. The maximum absolute atomic E-state index is 12.7. The first-order valence-corrected chi connectivity index (χ1v) is 9.05. The van der Waals surface area contributed by atoms with E-state index in [0.29, 0.717) is 37.3 Å². The molecule has 4 nitrogen and oxygen atoms in total. The third-order valence-corrected chi connectivity index (χ3v) is 4.82. The predicted octanol–water partition coefficient (Wildman–Crippen LogP) is 3.93. The van der Waals surface area contributed by atoms with Crippen LogP contribution in [0.15, 0.2) is 48.5 Å². The Hall–Kier alpha value is -2.85. The van der Waals surface area contributed by atoms with Gasteiger partial charge in [0, 0.05) is 38.3 Å². The van der Waals surface area contributed by atoms with Gasteiger partial charge >= 0.3 is 6.18 Å². The van der Waals surface area contributed by atoms with Crippen LogP contribution in [0, 0.1) is 11.3 Å². The fraction of sp³-hybridized carbons (Fsp3) is 0.333. The van der Waals surface area contributed by atoms with Crippen molar-refractivity contribution in [3.63, 3.8) is 0 Å². The summed E-state index contributed by atoms with van der Waals surface area (Å²) in [7, 11) is 0. The zero-order valence-corrected chi connectivity index (χ0v) is 15.2. The molecule has 146 valence electrons. The molecule has 0 unspecified atom stereocenters. The minimum absolute atomic E-state index is 0.0686. The van der Waals surface area contributed by atoms with Crippen molar-refractivity contribution in [2.24, 2.45) is 0 Å². The fourth-order valence-electron chi connectivity index (χ4n) is 3.26. The first-order chi connectivity index (χ1) is 13.4. The topological polar surface area (TPSA) is 47.3 Å². The summed E-state index contributed by atoms with van der Waals surface area (Å²) in [6, 6.07) is 13.8. The van der Waals surface area contributed by atoms with Crippen molar-refractivity contribution in [1.29, 1.82) is 5.26 Å². The SMILES string of the molecule is N#Cc1ccc(C(=O)N2CCCN(Cc3ccc(C(F)(F)F)cc3)CC2)cc1. The lowest BCUT2D eigenvalue weighted by Gasteiger charge is -2.22. The van der Waals surface area contributed by atoms with E-state index in [1.807, 2.05) is 6.07 Å². The average Bonchev–Trinajstić information content (AvgIpc) is 2.93. The lowest BCUT2D eigenvalue weighted by atomic mass is 10.1. The molecule has 2 aromatic carbocycles. The van der Waals surface area contributed by atoms with E-state index < -0.39 is 11.7 Å². The van der Waals surface area contributed by atoms with Gasteiger partial charge in [-0.05, 0) is 48.4 Å². The first kappa shape index (κ1) is 19.9. The number of hydrogen-bond donors (Lipinski definition) is 0. The summed E-state index contributed by atoms with van der Waals surface area (Å²) in [5, 5.41) is 8.85. The van der Waals surface area contributed by atoms with Gasteiger partial charge in [0.2, 0.25) is 0 Å². The van der Waals surface area contributed by atoms with Crippen LogP contribution < -0.4 is 0 Å². The van der Waals surface area contributed by atoms with E-state index in [1.165, 1.54) is 12.1 Å². The number of hydrogen-bond acceptors (Lipinski definition) is 3. The lowest BCUT2D eigenvalue weighted by molar-refractivity contribution is -0.137. The molecule has 0 spiro atoms. The van der Waals surface area contributed by atoms with Crippen LogP contribution in [0.3, 0.4) is 0 Å². The smallest absolute Gasteiger partial charge is 0.337 e.